The van der Waals surface area contributed by atoms with Gasteiger partial charge in [0.2, 0.25) is 0 Å². The molecule has 0 atom stereocenters. The fourth-order valence-electron chi connectivity index (χ4n) is 0.895. The van der Waals surface area contributed by atoms with Crippen molar-refractivity contribution < 1.29 is 4.39 Å². The lowest BCUT2D eigenvalue weighted by atomic mass is 10.2. The lowest BCUT2D eigenvalue weighted by Crippen LogP contribution is -1.83. The third-order valence-electron chi connectivity index (χ3n) is 1.36. The van der Waals surface area contributed by atoms with E-state index in [1.165, 1.54) is 0 Å². The number of thiophene rings is 1. The average Bonchev–Trinajstić information content (AvgIpc) is 2.10. The van der Waals surface area contributed by atoms with E-state index in [0.717, 1.165) is 9.75 Å². The van der Waals surface area contributed by atoms with Crippen molar-refractivity contribution in [3.63, 3.8) is 0 Å². The van der Waals surface area contributed by atoms with Crippen molar-refractivity contribution in [1.82, 2.24) is 0 Å². The Morgan fingerprint density at radius 2 is 2.10 bits per heavy atom. The smallest absolute Gasteiger partial charge is 0.137 e. The molecule has 2 heteroatoms. The summed E-state index contributed by atoms with van der Waals surface area (Å²) in [6, 6.07) is 1.60. The molecule has 1 heterocycles. The Hall–Kier alpha value is -0.370. The molecule has 1 aromatic rings. The molecule has 0 saturated carbocycles. The SMILES string of the molecule is Cc1cc(F)c(C(C)C)s1. The molecule has 0 amide bonds. The number of halogens is 1. The van der Waals surface area contributed by atoms with Crippen LogP contribution < -0.4 is 0 Å². The molecule has 0 saturated heterocycles. The molecule has 1 rings (SSSR count). The van der Waals surface area contributed by atoms with Crippen LogP contribution in [-0.4, -0.2) is 0 Å². The Balaban J connectivity index is 3.03. The van der Waals surface area contributed by atoms with Gasteiger partial charge in [-0.15, -0.1) is 11.3 Å². The molecule has 0 aliphatic rings. The van der Waals surface area contributed by atoms with Crippen LogP contribution in [0.2, 0.25) is 0 Å². The van der Waals surface area contributed by atoms with Crippen molar-refractivity contribution in [1.29, 1.82) is 0 Å². The summed E-state index contributed by atoms with van der Waals surface area (Å²) in [5.41, 5.74) is 0. The first-order valence-electron chi connectivity index (χ1n) is 3.37. The summed E-state index contributed by atoms with van der Waals surface area (Å²) in [4.78, 5) is 1.93. The maximum atomic E-state index is 12.9. The van der Waals surface area contributed by atoms with Gasteiger partial charge < -0.3 is 0 Å². The Bertz CT molecular complexity index is 225. The van der Waals surface area contributed by atoms with Gasteiger partial charge in [-0.25, -0.2) is 4.39 Å². The molecule has 0 bridgehead atoms. The lowest BCUT2D eigenvalue weighted by Gasteiger charge is -1.98. The third kappa shape index (κ3) is 1.37. The molecule has 0 unspecified atom stereocenters. The molecule has 10 heavy (non-hydrogen) atoms. The number of aryl methyl sites for hydroxylation is 1. The maximum Gasteiger partial charge on any atom is 0.137 e. The van der Waals surface area contributed by atoms with E-state index in [4.69, 9.17) is 0 Å². The second kappa shape index (κ2) is 2.70. The molecule has 0 spiro atoms. The highest BCUT2D eigenvalue weighted by Crippen LogP contribution is 2.27. The molecule has 0 fully saturated rings. The monoisotopic (exact) mass is 158 g/mol. The largest absolute Gasteiger partial charge is 0.206 e. The number of rotatable bonds is 1. The summed E-state index contributed by atoms with van der Waals surface area (Å²) in [5.74, 6) is 0.274. The Morgan fingerprint density at radius 1 is 1.50 bits per heavy atom. The molecule has 0 aromatic carbocycles. The molecular weight excluding hydrogens is 147 g/mol. The minimum atomic E-state index is -0.0440. The van der Waals surface area contributed by atoms with E-state index in [9.17, 15) is 4.39 Å². The summed E-state index contributed by atoms with van der Waals surface area (Å²) in [6.45, 7) is 5.95. The van der Waals surface area contributed by atoms with Gasteiger partial charge in [0.25, 0.3) is 0 Å². The Kier molecular flexibility index (Phi) is 2.09. The minimum Gasteiger partial charge on any atom is -0.206 e. The predicted octanol–water partition coefficient (Wildman–Crippen LogP) is 3.32. The van der Waals surface area contributed by atoms with Crippen molar-refractivity contribution in [2.75, 3.05) is 0 Å². The van der Waals surface area contributed by atoms with Gasteiger partial charge in [-0.1, -0.05) is 13.8 Å². The molecule has 0 nitrogen and oxygen atoms in total. The van der Waals surface area contributed by atoms with Crippen molar-refractivity contribution in [3.05, 3.63) is 21.6 Å². The van der Waals surface area contributed by atoms with Crippen LogP contribution in [0.4, 0.5) is 4.39 Å². The van der Waals surface area contributed by atoms with Gasteiger partial charge in [0.05, 0.1) is 0 Å². The molecule has 0 aliphatic heterocycles. The van der Waals surface area contributed by atoms with Crippen LogP contribution in [0.5, 0.6) is 0 Å². The normalized spacial score (nSPS) is 10.9. The summed E-state index contributed by atoms with van der Waals surface area (Å²) in [6.07, 6.45) is 0. The van der Waals surface area contributed by atoms with Crippen molar-refractivity contribution in [2.24, 2.45) is 0 Å². The zero-order valence-electron chi connectivity index (χ0n) is 6.44. The van der Waals surface area contributed by atoms with Gasteiger partial charge in [-0.2, -0.15) is 0 Å². The van der Waals surface area contributed by atoms with Crippen molar-refractivity contribution >= 4 is 11.3 Å². The van der Waals surface area contributed by atoms with Gasteiger partial charge in [-0.3, -0.25) is 0 Å². The van der Waals surface area contributed by atoms with Crippen LogP contribution >= 0.6 is 11.3 Å². The van der Waals surface area contributed by atoms with E-state index in [-0.39, 0.29) is 5.82 Å². The van der Waals surface area contributed by atoms with Gasteiger partial charge in [0.1, 0.15) is 5.82 Å². The summed E-state index contributed by atoms with van der Waals surface area (Å²) in [7, 11) is 0. The van der Waals surface area contributed by atoms with Crippen LogP contribution in [0.25, 0.3) is 0 Å². The first-order valence-corrected chi connectivity index (χ1v) is 4.18. The van der Waals surface area contributed by atoms with E-state index < -0.39 is 0 Å². The van der Waals surface area contributed by atoms with Gasteiger partial charge >= 0.3 is 0 Å². The lowest BCUT2D eigenvalue weighted by molar-refractivity contribution is 0.608. The van der Waals surface area contributed by atoms with E-state index in [2.05, 4.69) is 0 Å². The highest BCUT2D eigenvalue weighted by atomic mass is 32.1. The first-order chi connectivity index (χ1) is 4.61. The van der Waals surface area contributed by atoms with Crippen LogP contribution in [0.3, 0.4) is 0 Å². The zero-order valence-corrected chi connectivity index (χ0v) is 7.26. The molecule has 0 aliphatic carbocycles. The minimum absolute atomic E-state index is 0.0440. The fraction of sp³-hybridized carbons (Fsp3) is 0.500. The van der Waals surface area contributed by atoms with Crippen LogP contribution in [0.15, 0.2) is 6.07 Å². The van der Waals surface area contributed by atoms with E-state index in [0.29, 0.717) is 5.92 Å². The van der Waals surface area contributed by atoms with Crippen LogP contribution in [0, 0.1) is 12.7 Å². The Labute approximate surface area is 64.7 Å². The van der Waals surface area contributed by atoms with Gasteiger partial charge in [0.15, 0.2) is 0 Å². The van der Waals surface area contributed by atoms with Crippen molar-refractivity contribution in [3.8, 4) is 0 Å². The van der Waals surface area contributed by atoms with Crippen LogP contribution in [-0.2, 0) is 0 Å². The van der Waals surface area contributed by atoms with E-state index in [1.807, 2.05) is 20.8 Å². The quantitative estimate of drug-likeness (QED) is 0.588. The molecule has 1 aromatic heterocycles. The average molecular weight is 158 g/mol. The first kappa shape index (κ1) is 7.73. The molecule has 56 valence electrons. The van der Waals surface area contributed by atoms with E-state index in [1.54, 1.807) is 17.4 Å². The van der Waals surface area contributed by atoms with Gasteiger partial charge in [-0.05, 0) is 18.9 Å². The standard InChI is InChI=1S/C8H11FS/c1-5(2)8-7(9)4-6(3)10-8/h4-5H,1-3H3. The number of hydrogen-bond donors (Lipinski definition) is 0. The zero-order chi connectivity index (χ0) is 7.72. The number of hydrogen-bond acceptors (Lipinski definition) is 1. The highest BCUT2D eigenvalue weighted by molar-refractivity contribution is 7.12. The summed E-state index contributed by atoms with van der Waals surface area (Å²) >= 11 is 1.55. The predicted molar refractivity (Wildman–Crippen MR) is 43.1 cm³/mol. The third-order valence-corrected chi connectivity index (χ3v) is 2.69. The second-order valence-corrected chi connectivity index (χ2v) is 4.01. The fourth-order valence-corrected chi connectivity index (χ4v) is 1.80. The summed E-state index contributed by atoms with van der Waals surface area (Å²) < 4.78 is 12.9. The van der Waals surface area contributed by atoms with Crippen molar-refractivity contribution in [2.45, 2.75) is 26.7 Å². The van der Waals surface area contributed by atoms with Crippen LogP contribution in [0.1, 0.15) is 29.5 Å². The van der Waals surface area contributed by atoms with Gasteiger partial charge in [0, 0.05) is 9.75 Å². The second-order valence-electron chi connectivity index (χ2n) is 2.72. The molecule has 0 radical (unpaired) electrons. The van der Waals surface area contributed by atoms with E-state index >= 15 is 0 Å². The molecule has 0 N–H and O–H groups in total. The topological polar surface area (TPSA) is 0 Å². The molecular formula is C8H11FS. The maximum absolute atomic E-state index is 12.9. The summed E-state index contributed by atoms with van der Waals surface area (Å²) in [5, 5.41) is 0. The Morgan fingerprint density at radius 3 is 2.30 bits per heavy atom. The highest BCUT2D eigenvalue weighted by Gasteiger charge is 2.08.